The second-order valence-corrected chi connectivity index (χ2v) is 7.27. The van der Waals surface area contributed by atoms with Crippen molar-refractivity contribution in [2.24, 2.45) is 0 Å². The van der Waals surface area contributed by atoms with Gasteiger partial charge in [-0.1, -0.05) is 30.3 Å². The second kappa shape index (κ2) is 9.26. The SMILES string of the molecule is CNC(=O)c1cccc(CNC(=O)c2ccc(-c3nnc(-c4ccccc4C)o3)cc2)c1. The van der Waals surface area contributed by atoms with Gasteiger partial charge in [0.1, 0.15) is 0 Å². The zero-order valence-electron chi connectivity index (χ0n) is 17.8. The number of aryl methyl sites for hydroxylation is 1. The van der Waals surface area contributed by atoms with Crippen LogP contribution in [0.25, 0.3) is 22.9 Å². The Balaban J connectivity index is 1.42. The number of hydrogen-bond donors (Lipinski definition) is 2. The van der Waals surface area contributed by atoms with Gasteiger partial charge in [-0.3, -0.25) is 9.59 Å². The van der Waals surface area contributed by atoms with Crippen molar-refractivity contribution >= 4 is 11.8 Å². The van der Waals surface area contributed by atoms with Crippen LogP contribution in [-0.2, 0) is 6.54 Å². The Hall–Kier alpha value is -4.26. The van der Waals surface area contributed by atoms with Crippen molar-refractivity contribution in [1.82, 2.24) is 20.8 Å². The Morgan fingerprint density at radius 1 is 0.844 bits per heavy atom. The first-order chi connectivity index (χ1) is 15.5. The summed E-state index contributed by atoms with van der Waals surface area (Å²) in [7, 11) is 1.58. The van der Waals surface area contributed by atoms with Crippen molar-refractivity contribution in [3.63, 3.8) is 0 Å². The van der Waals surface area contributed by atoms with Gasteiger partial charge in [0.2, 0.25) is 11.8 Å². The van der Waals surface area contributed by atoms with Crippen molar-refractivity contribution in [2.45, 2.75) is 13.5 Å². The summed E-state index contributed by atoms with van der Waals surface area (Å²) in [4.78, 5) is 24.3. The van der Waals surface area contributed by atoms with E-state index in [9.17, 15) is 9.59 Å². The van der Waals surface area contributed by atoms with Crippen LogP contribution in [0.15, 0.2) is 77.2 Å². The number of benzene rings is 3. The van der Waals surface area contributed by atoms with E-state index in [1.807, 2.05) is 37.3 Å². The van der Waals surface area contributed by atoms with Crippen LogP contribution in [-0.4, -0.2) is 29.1 Å². The summed E-state index contributed by atoms with van der Waals surface area (Å²) in [5.74, 6) is 0.466. The maximum Gasteiger partial charge on any atom is 0.251 e. The molecule has 2 N–H and O–H groups in total. The molecule has 7 heteroatoms. The summed E-state index contributed by atoms with van der Waals surface area (Å²) in [5.41, 5.74) is 4.57. The van der Waals surface area contributed by atoms with Crippen molar-refractivity contribution in [1.29, 1.82) is 0 Å². The Kier molecular flexibility index (Phi) is 6.07. The molecule has 0 aliphatic heterocycles. The summed E-state index contributed by atoms with van der Waals surface area (Å²) >= 11 is 0. The van der Waals surface area contributed by atoms with E-state index in [2.05, 4.69) is 20.8 Å². The van der Waals surface area contributed by atoms with Gasteiger partial charge in [0.05, 0.1) is 0 Å². The van der Waals surface area contributed by atoms with Crippen molar-refractivity contribution < 1.29 is 14.0 Å². The van der Waals surface area contributed by atoms with Gasteiger partial charge in [-0.15, -0.1) is 10.2 Å². The highest BCUT2D eigenvalue weighted by Gasteiger charge is 2.13. The average Bonchev–Trinajstić information content (AvgIpc) is 3.32. The first-order valence-corrected chi connectivity index (χ1v) is 10.1. The molecular weight excluding hydrogens is 404 g/mol. The van der Waals surface area contributed by atoms with Crippen LogP contribution in [0.5, 0.6) is 0 Å². The third-order valence-electron chi connectivity index (χ3n) is 5.06. The molecule has 0 radical (unpaired) electrons. The number of nitrogens with zero attached hydrogens (tertiary/aromatic N) is 2. The molecule has 0 bridgehead atoms. The molecule has 0 fully saturated rings. The topological polar surface area (TPSA) is 97.1 Å². The van der Waals surface area contributed by atoms with Gasteiger partial charge in [-0.25, -0.2) is 0 Å². The van der Waals surface area contributed by atoms with Crippen molar-refractivity contribution in [3.8, 4) is 22.9 Å². The molecule has 0 unspecified atom stereocenters. The maximum absolute atomic E-state index is 12.5. The molecule has 7 nitrogen and oxygen atoms in total. The molecule has 2 amide bonds. The van der Waals surface area contributed by atoms with Gasteiger partial charge in [-0.2, -0.15) is 0 Å². The molecular formula is C25H22N4O3. The van der Waals surface area contributed by atoms with E-state index in [1.54, 1.807) is 49.5 Å². The van der Waals surface area contributed by atoms with Crippen LogP contribution in [0.1, 0.15) is 31.8 Å². The first kappa shape index (κ1) is 21.0. The Bertz CT molecular complexity index is 1260. The molecule has 0 saturated carbocycles. The fourth-order valence-corrected chi connectivity index (χ4v) is 3.28. The molecule has 0 spiro atoms. The summed E-state index contributed by atoms with van der Waals surface area (Å²) < 4.78 is 5.83. The average molecular weight is 426 g/mol. The highest BCUT2D eigenvalue weighted by Crippen LogP contribution is 2.26. The fourth-order valence-electron chi connectivity index (χ4n) is 3.28. The van der Waals surface area contributed by atoms with E-state index in [-0.39, 0.29) is 11.8 Å². The number of nitrogens with one attached hydrogen (secondary N) is 2. The van der Waals surface area contributed by atoms with Gasteiger partial charge in [0.15, 0.2) is 0 Å². The number of hydrogen-bond acceptors (Lipinski definition) is 5. The van der Waals surface area contributed by atoms with E-state index >= 15 is 0 Å². The predicted octanol–water partition coefficient (Wildman–Crippen LogP) is 4.00. The highest BCUT2D eigenvalue weighted by atomic mass is 16.4. The quantitative estimate of drug-likeness (QED) is 0.486. The van der Waals surface area contributed by atoms with E-state index in [0.29, 0.717) is 29.5 Å². The van der Waals surface area contributed by atoms with Crippen LogP contribution >= 0.6 is 0 Å². The van der Waals surface area contributed by atoms with Gasteiger partial charge >= 0.3 is 0 Å². The molecule has 4 rings (SSSR count). The summed E-state index contributed by atoms with van der Waals surface area (Å²) in [5, 5.41) is 13.7. The van der Waals surface area contributed by atoms with Crippen LogP contribution in [0, 0.1) is 6.92 Å². The Labute approximate surface area is 185 Å². The lowest BCUT2D eigenvalue weighted by atomic mass is 10.1. The second-order valence-electron chi connectivity index (χ2n) is 7.27. The Morgan fingerprint density at radius 2 is 1.59 bits per heavy atom. The number of amides is 2. The molecule has 32 heavy (non-hydrogen) atoms. The summed E-state index contributed by atoms with van der Waals surface area (Å²) in [6, 6.07) is 21.9. The molecule has 0 aliphatic rings. The lowest BCUT2D eigenvalue weighted by molar-refractivity contribution is 0.0948. The maximum atomic E-state index is 12.5. The van der Waals surface area contributed by atoms with Crippen LogP contribution < -0.4 is 10.6 Å². The van der Waals surface area contributed by atoms with E-state index in [1.165, 1.54) is 0 Å². The largest absolute Gasteiger partial charge is 0.416 e. The third kappa shape index (κ3) is 4.57. The molecule has 3 aromatic carbocycles. The van der Waals surface area contributed by atoms with E-state index < -0.39 is 0 Å². The molecule has 0 saturated heterocycles. The standard InChI is InChI=1S/C25H22N4O3/c1-16-6-3-4-9-21(16)25-29-28-24(32-25)19-12-10-18(11-13-19)23(31)27-15-17-7-5-8-20(14-17)22(30)26-2/h3-14H,15H2,1-2H3,(H,26,30)(H,27,31). The minimum Gasteiger partial charge on any atom is -0.416 e. The van der Waals surface area contributed by atoms with Gasteiger partial charge < -0.3 is 15.1 Å². The van der Waals surface area contributed by atoms with Crippen molar-refractivity contribution in [3.05, 3.63) is 95.1 Å². The van der Waals surface area contributed by atoms with E-state index in [0.717, 1.165) is 22.3 Å². The smallest absolute Gasteiger partial charge is 0.251 e. The molecule has 1 heterocycles. The fraction of sp³-hybridized carbons (Fsp3) is 0.120. The molecule has 1 aromatic heterocycles. The summed E-state index contributed by atoms with van der Waals surface area (Å²) in [6.45, 7) is 2.30. The zero-order chi connectivity index (χ0) is 22.5. The Morgan fingerprint density at radius 3 is 2.34 bits per heavy atom. The highest BCUT2D eigenvalue weighted by molar-refractivity contribution is 5.95. The summed E-state index contributed by atoms with van der Waals surface area (Å²) in [6.07, 6.45) is 0. The number of carbonyl (C=O) groups is 2. The van der Waals surface area contributed by atoms with Gasteiger partial charge in [0, 0.05) is 35.8 Å². The molecule has 4 aromatic rings. The van der Waals surface area contributed by atoms with Crippen LogP contribution in [0.4, 0.5) is 0 Å². The minimum atomic E-state index is -0.215. The lowest BCUT2D eigenvalue weighted by Crippen LogP contribution is -2.23. The number of aromatic nitrogens is 2. The number of carbonyl (C=O) groups excluding carboxylic acids is 2. The molecule has 0 atom stereocenters. The first-order valence-electron chi connectivity index (χ1n) is 10.1. The normalized spacial score (nSPS) is 10.6. The molecule has 160 valence electrons. The third-order valence-corrected chi connectivity index (χ3v) is 5.06. The van der Waals surface area contributed by atoms with E-state index in [4.69, 9.17) is 4.42 Å². The lowest BCUT2D eigenvalue weighted by Gasteiger charge is -2.07. The zero-order valence-corrected chi connectivity index (χ0v) is 17.8. The molecule has 0 aliphatic carbocycles. The predicted molar refractivity (Wildman–Crippen MR) is 121 cm³/mol. The van der Waals surface area contributed by atoms with Crippen LogP contribution in [0.3, 0.4) is 0 Å². The van der Waals surface area contributed by atoms with Crippen LogP contribution in [0.2, 0.25) is 0 Å². The van der Waals surface area contributed by atoms with Gasteiger partial charge in [-0.05, 0) is 60.5 Å². The minimum absolute atomic E-state index is 0.166. The van der Waals surface area contributed by atoms with Crippen molar-refractivity contribution in [2.75, 3.05) is 7.05 Å². The monoisotopic (exact) mass is 426 g/mol. The van der Waals surface area contributed by atoms with Gasteiger partial charge in [0.25, 0.3) is 11.8 Å². The number of rotatable bonds is 6.